The van der Waals surface area contributed by atoms with E-state index in [1.54, 1.807) is 13.0 Å². The van der Waals surface area contributed by atoms with Crippen LogP contribution in [0.5, 0.6) is 0 Å². The van der Waals surface area contributed by atoms with Gasteiger partial charge in [0.25, 0.3) is 0 Å². The van der Waals surface area contributed by atoms with Crippen molar-refractivity contribution in [1.82, 2.24) is 0 Å². The maximum absolute atomic E-state index is 13.2. The molecule has 0 spiro atoms. The number of benzene rings is 1. The third kappa shape index (κ3) is 1.90. The van der Waals surface area contributed by atoms with Gasteiger partial charge >= 0.3 is 0 Å². The molecular formula is C10H11FN2O. The normalized spacial score (nSPS) is 14.5. The maximum Gasteiger partial charge on any atom is 0.141 e. The predicted octanol–water partition coefficient (Wildman–Crippen LogP) is 0.864. The molecule has 3 nitrogen and oxygen atoms in total. The minimum Gasteiger partial charge on any atom is -0.394 e. The van der Waals surface area contributed by atoms with Gasteiger partial charge in [-0.25, -0.2) is 4.39 Å². The quantitative estimate of drug-likeness (QED) is 0.733. The number of halogens is 1. The topological polar surface area (TPSA) is 70.0 Å². The highest BCUT2D eigenvalue weighted by Crippen LogP contribution is 2.19. The molecule has 3 N–H and O–H groups in total. The Morgan fingerprint density at radius 1 is 1.64 bits per heavy atom. The molecule has 0 bridgehead atoms. The van der Waals surface area contributed by atoms with Gasteiger partial charge in [0.05, 0.1) is 17.7 Å². The molecule has 0 radical (unpaired) electrons. The number of nitrogens with two attached hydrogens (primary N) is 1. The summed E-state index contributed by atoms with van der Waals surface area (Å²) in [5.74, 6) is -0.616. The summed E-state index contributed by atoms with van der Waals surface area (Å²) < 4.78 is 13.2. The minimum absolute atomic E-state index is 0.0255. The molecule has 0 amide bonds. The first-order chi connectivity index (χ1) is 6.51. The van der Waals surface area contributed by atoms with Crippen molar-refractivity contribution in [3.05, 3.63) is 35.1 Å². The van der Waals surface area contributed by atoms with Crippen LogP contribution in [0.3, 0.4) is 0 Å². The van der Waals surface area contributed by atoms with E-state index in [-0.39, 0.29) is 12.2 Å². The molecule has 4 heteroatoms. The molecule has 0 heterocycles. The monoisotopic (exact) mass is 194 g/mol. The van der Waals surface area contributed by atoms with Crippen LogP contribution in [0.15, 0.2) is 18.2 Å². The molecule has 1 atom stereocenters. The molecule has 0 aromatic heterocycles. The Morgan fingerprint density at radius 2 is 2.29 bits per heavy atom. The smallest absolute Gasteiger partial charge is 0.141 e. The van der Waals surface area contributed by atoms with Crippen molar-refractivity contribution in [2.24, 2.45) is 5.73 Å². The van der Waals surface area contributed by atoms with E-state index in [1.165, 1.54) is 18.2 Å². The molecule has 0 aliphatic heterocycles. The fourth-order valence-corrected chi connectivity index (χ4v) is 1.05. The lowest BCUT2D eigenvalue weighted by Crippen LogP contribution is -2.37. The Hall–Kier alpha value is -1.44. The van der Waals surface area contributed by atoms with Crippen LogP contribution in [0.1, 0.15) is 18.1 Å². The van der Waals surface area contributed by atoms with E-state index in [1.807, 2.05) is 0 Å². The lowest BCUT2D eigenvalue weighted by atomic mass is 9.93. The second kappa shape index (κ2) is 3.74. The number of aliphatic hydroxyl groups excluding tert-OH is 1. The van der Waals surface area contributed by atoms with E-state index in [0.717, 1.165) is 0 Å². The van der Waals surface area contributed by atoms with Crippen LogP contribution in [0.2, 0.25) is 0 Å². The molecule has 1 rings (SSSR count). The number of rotatable bonds is 2. The molecule has 0 saturated heterocycles. The molecule has 0 fully saturated rings. The standard InChI is InChI=1S/C10H11FN2O/c1-10(13,6-14)8-3-2-7(5-12)9(11)4-8/h2-4,14H,6,13H2,1H3. The second-order valence-corrected chi connectivity index (χ2v) is 3.38. The number of nitrogens with zero attached hydrogens (tertiary/aromatic N) is 1. The number of aliphatic hydroxyl groups is 1. The number of nitriles is 1. The molecule has 0 aliphatic rings. The van der Waals surface area contributed by atoms with Gasteiger partial charge in [0.15, 0.2) is 0 Å². The van der Waals surface area contributed by atoms with E-state index in [9.17, 15) is 4.39 Å². The Kier molecular flexibility index (Phi) is 2.84. The van der Waals surface area contributed by atoms with Crippen LogP contribution in [-0.2, 0) is 5.54 Å². The Labute approximate surface area is 81.6 Å². The van der Waals surface area contributed by atoms with E-state index in [0.29, 0.717) is 5.56 Å². The van der Waals surface area contributed by atoms with Crippen LogP contribution in [0.4, 0.5) is 4.39 Å². The highest BCUT2D eigenvalue weighted by molar-refractivity contribution is 5.35. The minimum atomic E-state index is -0.977. The van der Waals surface area contributed by atoms with Crippen LogP contribution in [0, 0.1) is 17.1 Å². The Balaban J connectivity index is 3.17. The van der Waals surface area contributed by atoms with Crippen molar-refractivity contribution < 1.29 is 9.50 Å². The predicted molar refractivity (Wildman–Crippen MR) is 49.7 cm³/mol. The van der Waals surface area contributed by atoms with E-state index in [2.05, 4.69) is 0 Å². The molecule has 74 valence electrons. The summed E-state index contributed by atoms with van der Waals surface area (Å²) in [6.45, 7) is 1.31. The Morgan fingerprint density at radius 3 is 2.71 bits per heavy atom. The first-order valence-electron chi connectivity index (χ1n) is 4.11. The molecule has 0 aliphatic carbocycles. The largest absolute Gasteiger partial charge is 0.394 e. The van der Waals surface area contributed by atoms with Gasteiger partial charge in [-0.05, 0) is 24.6 Å². The van der Waals surface area contributed by atoms with Crippen molar-refractivity contribution >= 4 is 0 Å². The summed E-state index contributed by atoms with van der Waals surface area (Å²) in [6.07, 6.45) is 0. The first-order valence-corrected chi connectivity index (χ1v) is 4.11. The molecule has 1 unspecified atom stereocenters. The summed E-state index contributed by atoms with van der Waals surface area (Å²) in [7, 11) is 0. The van der Waals surface area contributed by atoms with Gasteiger partial charge in [-0.15, -0.1) is 0 Å². The summed E-state index contributed by atoms with van der Waals surface area (Å²) in [6, 6.07) is 5.78. The molecular weight excluding hydrogens is 183 g/mol. The van der Waals surface area contributed by atoms with Gasteiger partial charge in [0, 0.05) is 0 Å². The van der Waals surface area contributed by atoms with E-state index in [4.69, 9.17) is 16.1 Å². The van der Waals surface area contributed by atoms with Crippen molar-refractivity contribution in [3.8, 4) is 6.07 Å². The van der Waals surface area contributed by atoms with Gasteiger partial charge in [-0.2, -0.15) is 5.26 Å². The van der Waals surface area contributed by atoms with E-state index >= 15 is 0 Å². The SMILES string of the molecule is CC(N)(CO)c1ccc(C#N)c(F)c1. The fourth-order valence-electron chi connectivity index (χ4n) is 1.05. The van der Waals surface area contributed by atoms with Gasteiger partial charge in [0.1, 0.15) is 11.9 Å². The summed E-state index contributed by atoms with van der Waals surface area (Å²) >= 11 is 0. The zero-order valence-electron chi connectivity index (χ0n) is 7.79. The molecule has 14 heavy (non-hydrogen) atoms. The third-order valence-electron chi connectivity index (χ3n) is 2.08. The molecule has 0 saturated carbocycles. The number of hydrogen-bond donors (Lipinski definition) is 2. The van der Waals surface area contributed by atoms with Gasteiger partial charge in [-0.1, -0.05) is 6.07 Å². The van der Waals surface area contributed by atoms with E-state index < -0.39 is 11.4 Å². The number of hydrogen-bond acceptors (Lipinski definition) is 3. The molecule has 1 aromatic carbocycles. The maximum atomic E-state index is 13.2. The summed E-state index contributed by atoms with van der Waals surface area (Å²) in [4.78, 5) is 0. The third-order valence-corrected chi connectivity index (χ3v) is 2.08. The summed E-state index contributed by atoms with van der Waals surface area (Å²) in [5.41, 5.74) is 5.16. The van der Waals surface area contributed by atoms with Crippen molar-refractivity contribution in [2.75, 3.05) is 6.61 Å². The average molecular weight is 194 g/mol. The highest BCUT2D eigenvalue weighted by atomic mass is 19.1. The molecule has 1 aromatic rings. The first kappa shape index (κ1) is 10.6. The van der Waals surface area contributed by atoms with Gasteiger partial charge in [0.2, 0.25) is 0 Å². The van der Waals surface area contributed by atoms with Gasteiger partial charge < -0.3 is 10.8 Å². The summed E-state index contributed by atoms with van der Waals surface area (Å²) in [5, 5.41) is 17.5. The lowest BCUT2D eigenvalue weighted by Gasteiger charge is -2.22. The highest BCUT2D eigenvalue weighted by Gasteiger charge is 2.20. The average Bonchev–Trinajstić information content (AvgIpc) is 2.17. The van der Waals surface area contributed by atoms with Crippen molar-refractivity contribution in [2.45, 2.75) is 12.5 Å². The van der Waals surface area contributed by atoms with Crippen molar-refractivity contribution in [3.63, 3.8) is 0 Å². The van der Waals surface area contributed by atoms with Crippen LogP contribution >= 0.6 is 0 Å². The Bertz CT molecular complexity index is 382. The van der Waals surface area contributed by atoms with Crippen molar-refractivity contribution in [1.29, 1.82) is 5.26 Å². The zero-order valence-corrected chi connectivity index (χ0v) is 7.79. The van der Waals surface area contributed by atoms with Crippen LogP contribution in [0.25, 0.3) is 0 Å². The zero-order chi connectivity index (χ0) is 10.8. The van der Waals surface area contributed by atoms with Gasteiger partial charge in [-0.3, -0.25) is 0 Å². The lowest BCUT2D eigenvalue weighted by molar-refractivity contribution is 0.210. The van der Waals surface area contributed by atoms with Crippen LogP contribution in [-0.4, -0.2) is 11.7 Å². The van der Waals surface area contributed by atoms with Crippen LogP contribution < -0.4 is 5.73 Å². The fraction of sp³-hybridized carbons (Fsp3) is 0.300. The second-order valence-electron chi connectivity index (χ2n) is 3.38.